The molecule has 1 N–H and O–H groups in total. The van der Waals surface area contributed by atoms with Crippen LogP contribution in [0.15, 0.2) is 24.3 Å². The summed E-state index contributed by atoms with van der Waals surface area (Å²) < 4.78 is 13.9. The van der Waals surface area contributed by atoms with Gasteiger partial charge in [0, 0.05) is 30.5 Å². The largest absolute Gasteiger partial charge is 0.396 e. The van der Waals surface area contributed by atoms with Crippen molar-refractivity contribution in [3.05, 3.63) is 35.6 Å². The van der Waals surface area contributed by atoms with Gasteiger partial charge >= 0.3 is 0 Å². The summed E-state index contributed by atoms with van der Waals surface area (Å²) in [4.78, 5) is 13.7. The van der Waals surface area contributed by atoms with Crippen molar-refractivity contribution in [3.63, 3.8) is 0 Å². The minimum absolute atomic E-state index is 0.0335. The highest BCUT2D eigenvalue weighted by Crippen LogP contribution is 2.32. The Kier molecular flexibility index (Phi) is 4.93. The van der Waals surface area contributed by atoms with Crippen LogP contribution in [0.2, 0.25) is 0 Å². The Morgan fingerprint density at radius 3 is 2.79 bits per heavy atom. The van der Waals surface area contributed by atoms with Gasteiger partial charge in [-0.05, 0) is 18.4 Å². The van der Waals surface area contributed by atoms with Crippen LogP contribution in [-0.4, -0.2) is 34.4 Å². The first-order chi connectivity index (χ1) is 9.17. The van der Waals surface area contributed by atoms with Gasteiger partial charge in [-0.1, -0.05) is 34.1 Å². The molecule has 0 aromatic heterocycles. The number of hydrogen-bond donors (Lipinski definition) is 1. The van der Waals surface area contributed by atoms with Gasteiger partial charge in [0.2, 0.25) is 5.91 Å². The fourth-order valence-corrected chi connectivity index (χ4v) is 2.99. The molecule has 1 amide bonds. The van der Waals surface area contributed by atoms with Gasteiger partial charge in [-0.25, -0.2) is 4.39 Å². The quantitative estimate of drug-likeness (QED) is 0.843. The van der Waals surface area contributed by atoms with Crippen LogP contribution >= 0.6 is 15.9 Å². The van der Waals surface area contributed by atoms with Crippen molar-refractivity contribution in [1.82, 2.24) is 4.90 Å². The van der Waals surface area contributed by atoms with E-state index in [0.29, 0.717) is 24.9 Å². The average Bonchev–Trinajstić information content (AvgIpc) is 2.78. The monoisotopic (exact) mass is 329 g/mol. The van der Waals surface area contributed by atoms with Gasteiger partial charge < -0.3 is 10.0 Å². The van der Waals surface area contributed by atoms with Crippen molar-refractivity contribution in [2.24, 2.45) is 5.92 Å². The van der Waals surface area contributed by atoms with E-state index < -0.39 is 0 Å². The van der Waals surface area contributed by atoms with Gasteiger partial charge in [0.05, 0.1) is 6.04 Å². The average molecular weight is 330 g/mol. The molecule has 0 bridgehead atoms. The normalized spacial score (nSPS) is 20.9. The van der Waals surface area contributed by atoms with Crippen LogP contribution < -0.4 is 0 Å². The number of benzene rings is 1. The molecule has 1 fully saturated rings. The summed E-state index contributed by atoms with van der Waals surface area (Å²) in [7, 11) is 0. The number of amides is 1. The molecule has 1 aliphatic rings. The molecule has 1 heterocycles. The molecule has 0 aliphatic carbocycles. The SMILES string of the molecule is O=C1CC(CBr)CN1C(CCO)c1ccccc1F. The van der Waals surface area contributed by atoms with Gasteiger partial charge in [0.15, 0.2) is 0 Å². The number of alkyl halides is 1. The number of nitrogens with zero attached hydrogens (tertiary/aromatic N) is 1. The Hall–Kier alpha value is -0.940. The lowest BCUT2D eigenvalue weighted by Gasteiger charge is -2.28. The summed E-state index contributed by atoms with van der Waals surface area (Å²) >= 11 is 3.39. The van der Waals surface area contributed by atoms with Gasteiger partial charge in [-0.3, -0.25) is 4.79 Å². The zero-order chi connectivity index (χ0) is 13.8. The first kappa shape index (κ1) is 14.5. The number of carbonyl (C=O) groups excluding carboxylic acids is 1. The molecule has 1 aromatic carbocycles. The molecular weight excluding hydrogens is 313 g/mol. The van der Waals surface area contributed by atoms with Gasteiger partial charge in [-0.2, -0.15) is 0 Å². The zero-order valence-electron chi connectivity index (χ0n) is 10.6. The molecule has 2 atom stereocenters. The molecule has 2 unspecified atom stereocenters. The highest BCUT2D eigenvalue weighted by Gasteiger charge is 2.35. The maximum Gasteiger partial charge on any atom is 0.223 e. The number of likely N-dealkylation sites (tertiary alicyclic amines) is 1. The Morgan fingerprint density at radius 1 is 1.47 bits per heavy atom. The van der Waals surface area contributed by atoms with E-state index in [4.69, 9.17) is 0 Å². The number of halogens is 2. The fourth-order valence-electron chi connectivity index (χ4n) is 2.56. The molecule has 5 heteroatoms. The molecule has 1 aromatic rings. The molecule has 3 nitrogen and oxygen atoms in total. The molecule has 0 spiro atoms. The standard InChI is InChI=1S/C14H17BrFNO2/c15-8-10-7-14(19)17(9-10)13(5-6-18)11-3-1-2-4-12(11)16/h1-4,10,13,18H,5-9H2. The van der Waals surface area contributed by atoms with E-state index in [1.165, 1.54) is 6.07 Å². The second-order valence-electron chi connectivity index (χ2n) is 4.82. The molecule has 19 heavy (non-hydrogen) atoms. The summed E-state index contributed by atoms with van der Waals surface area (Å²) in [6.07, 6.45) is 0.851. The van der Waals surface area contributed by atoms with Crippen LogP contribution in [0.25, 0.3) is 0 Å². The summed E-state index contributed by atoms with van der Waals surface area (Å²) in [5, 5.41) is 9.95. The van der Waals surface area contributed by atoms with Crippen LogP contribution in [0, 0.1) is 11.7 Å². The molecule has 0 radical (unpaired) electrons. The molecule has 2 rings (SSSR count). The third kappa shape index (κ3) is 3.15. The van der Waals surface area contributed by atoms with E-state index in [-0.39, 0.29) is 30.3 Å². The molecular formula is C14H17BrFNO2. The predicted octanol–water partition coefficient (Wildman–Crippen LogP) is 2.49. The molecule has 1 saturated heterocycles. The minimum atomic E-state index is -0.372. The Morgan fingerprint density at radius 2 is 2.21 bits per heavy atom. The van der Waals surface area contributed by atoms with Crippen LogP contribution in [0.3, 0.4) is 0 Å². The van der Waals surface area contributed by atoms with Crippen LogP contribution in [0.1, 0.15) is 24.4 Å². The van der Waals surface area contributed by atoms with Crippen molar-refractivity contribution in [1.29, 1.82) is 0 Å². The number of aliphatic hydroxyl groups excluding tert-OH is 1. The highest BCUT2D eigenvalue weighted by atomic mass is 79.9. The van der Waals surface area contributed by atoms with E-state index >= 15 is 0 Å². The second kappa shape index (κ2) is 6.48. The van der Waals surface area contributed by atoms with Crippen LogP contribution in [0.4, 0.5) is 4.39 Å². The van der Waals surface area contributed by atoms with E-state index in [9.17, 15) is 14.3 Å². The second-order valence-corrected chi connectivity index (χ2v) is 5.47. The number of carbonyl (C=O) groups is 1. The third-order valence-electron chi connectivity index (χ3n) is 3.50. The molecule has 1 aliphatic heterocycles. The number of rotatable bonds is 5. The topological polar surface area (TPSA) is 40.5 Å². The maximum absolute atomic E-state index is 13.9. The molecule has 104 valence electrons. The zero-order valence-corrected chi connectivity index (χ0v) is 12.1. The molecule has 0 saturated carbocycles. The Balaban J connectivity index is 2.26. The lowest BCUT2D eigenvalue weighted by molar-refractivity contribution is -0.130. The van der Waals surface area contributed by atoms with E-state index in [2.05, 4.69) is 15.9 Å². The first-order valence-corrected chi connectivity index (χ1v) is 7.50. The van der Waals surface area contributed by atoms with Crippen LogP contribution in [0.5, 0.6) is 0 Å². The fraction of sp³-hybridized carbons (Fsp3) is 0.500. The van der Waals surface area contributed by atoms with Crippen molar-refractivity contribution in [3.8, 4) is 0 Å². The van der Waals surface area contributed by atoms with Crippen molar-refractivity contribution >= 4 is 21.8 Å². The Bertz CT molecular complexity index is 455. The third-order valence-corrected chi connectivity index (χ3v) is 4.42. The highest BCUT2D eigenvalue weighted by molar-refractivity contribution is 9.09. The van der Waals surface area contributed by atoms with Crippen molar-refractivity contribution < 1.29 is 14.3 Å². The van der Waals surface area contributed by atoms with E-state index in [1.54, 1.807) is 23.1 Å². The maximum atomic E-state index is 13.9. The Labute approximate surface area is 120 Å². The summed E-state index contributed by atoms with van der Waals surface area (Å²) in [6.45, 7) is 0.546. The smallest absolute Gasteiger partial charge is 0.223 e. The first-order valence-electron chi connectivity index (χ1n) is 6.38. The van der Waals surface area contributed by atoms with E-state index in [0.717, 1.165) is 5.33 Å². The van der Waals surface area contributed by atoms with Crippen LogP contribution in [-0.2, 0) is 4.79 Å². The lowest BCUT2D eigenvalue weighted by atomic mass is 10.0. The lowest BCUT2D eigenvalue weighted by Crippen LogP contribution is -2.31. The number of hydrogen-bond acceptors (Lipinski definition) is 2. The number of aliphatic hydroxyl groups is 1. The van der Waals surface area contributed by atoms with Gasteiger partial charge in [0.1, 0.15) is 5.82 Å². The predicted molar refractivity (Wildman–Crippen MR) is 74.5 cm³/mol. The van der Waals surface area contributed by atoms with Crippen molar-refractivity contribution in [2.45, 2.75) is 18.9 Å². The minimum Gasteiger partial charge on any atom is -0.396 e. The van der Waals surface area contributed by atoms with E-state index in [1.807, 2.05) is 0 Å². The van der Waals surface area contributed by atoms with Gasteiger partial charge in [0.25, 0.3) is 0 Å². The summed E-state index contributed by atoms with van der Waals surface area (Å²) in [5.74, 6) is -0.0253. The summed E-state index contributed by atoms with van der Waals surface area (Å²) in [6, 6.07) is 6.09. The van der Waals surface area contributed by atoms with Crippen molar-refractivity contribution in [2.75, 3.05) is 18.5 Å². The van der Waals surface area contributed by atoms with Gasteiger partial charge in [-0.15, -0.1) is 0 Å². The summed E-state index contributed by atoms with van der Waals surface area (Å²) in [5.41, 5.74) is 0.486.